The summed E-state index contributed by atoms with van der Waals surface area (Å²) in [5, 5.41) is 6.28. The highest BCUT2D eigenvalue weighted by atomic mass is 32.2. The number of carbonyl (C=O) groups is 1. The van der Waals surface area contributed by atoms with Crippen LogP contribution in [0.3, 0.4) is 0 Å². The predicted octanol–water partition coefficient (Wildman–Crippen LogP) is 2.25. The molecule has 1 amide bonds. The Bertz CT molecular complexity index is 690. The van der Waals surface area contributed by atoms with Gasteiger partial charge in [-0.05, 0) is 35.7 Å². The highest BCUT2D eigenvalue weighted by Crippen LogP contribution is 2.17. The van der Waals surface area contributed by atoms with Crippen LogP contribution in [0.2, 0.25) is 0 Å². The van der Waals surface area contributed by atoms with Gasteiger partial charge in [0.2, 0.25) is 10.0 Å². The second kappa shape index (κ2) is 5.74. The largest absolute Gasteiger partial charge is 0.322 e. The van der Waals surface area contributed by atoms with Crippen molar-refractivity contribution in [3.05, 3.63) is 46.7 Å². The number of nitrogens with one attached hydrogen (secondary N) is 1. The Kier molecular flexibility index (Phi) is 4.22. The van der Waals surface area contributed by atoms with Gasteiger partial charge in [0.15, 0.2) is 0 Å². The van der Waals surface area contributed by atoms with E-state index < -0.39 is 10.0 Å². The van der Waals surface area contributed by atoms with Crippen LogP contribution >= 0.6 is 11.3 Å². The molecule has 1 heterocycles. The summed E-state index contributed by atoms with van der Waals surface area (Å²) in [6.07, 6.45) is 0. The molecule has 5 nitrogen and oxygen atoms in total. The van der Waals surface area contributed by atoms with Gasteiger partial charge < -0.3 is 5.32 Å². The van der Waals surface area contributed by atoms with E-state index in [4.69, 9.17) is 0 Å². The van der Waals surface area contributed by atoms with E-state index in [1.807, 2.05) is 5.38 Å². The highest BCUT2D eigenvalue weighted by molar-refractivity contribution is 7.89. The lowest BCUT2D eigenvalue weighted by Crippen LogP contribution is -2.22. The fourth-order valence-electron chi connectivity index (χ4n) is 1.52. The first-order chi connectivity index (χ1) is 9.41. The molecule has 0 bridgehead atoms. The van der Waals surface area contributed by atoms with Gasteiger partial charge in [0, 0.05) is 25.2 Å². The molecule has 0 atom stereocenters. The van der Waals surface area contributed by atoms with E-state index in [2.05, 4.69) is 5.32 Å². The summed E-state index contributed by atoms with van der Waals surface area (Å²) in [4.78, 5) is 12.0. The Labute approximate surface area is 121 Å². The van der Waals surface area contributed by atoms with Gasteiger partial charge in [-0.2, -0.15) is 11.3 Å². The van der Waals surface area contributed by atoms with Crippen LogP contribution in [0.25, 0.3) is 0 Å². The lowest BCUT2D eigenvalue weighted by molar-refractivity contribution is 0.102. The van der Waals surface area contributed by atoms with E-state index >= 15 is 0 Å². The summed E-state index contributed by atoms with van der Waals surface area (Å²) in [6, 6.07) is 7.81. The summed E-state index contributed by atoms with van der Waals surface area (Å²) >= 11 is 1.44. The SMILES string of the molecule is CN(C)S(=O)(=O)c1ccc(NC(=O)c2ccsc2)cc1. The van der Waals surface area contributed by atoms with Crippen molar-refractivity contribution in [2.75, 3.05) is 19.4 Å². The van der Waals surface area contributed by atoms with Crippen LogP contribution in [0.15, 0.2) is 46.0 Å². The monoisotopic (exact) mass is 310 g/mol. The number of thiophene rings is 1. The van der Waals surface area contributed by atoms with Crippen molar-refractivity contribution in [1.82, 2.24) is 4.31 Å². The van der Waals surface area contributed by atoms with E-state index in [0.29, 0.717) is 11.3 Å². The Morgan fingerprint density at radius 1 is 1.15 bits per heavy atom. The van der Waals surface area contributed by atoms with Gasteiger partial charge >= 0.3 is 0 Å². The maximum Gasteiger partial charge on any atom is 0.256 e. The highest BCUT2D eigenvalue weighted by Gasteiger charge is 2.16. The summed E-state index contributed by atoms with van der Waals surface area (Å²) in [6.45, 7) is 0. The molecule has 0 aliphatic rings. The third-order valence-electron chi connectivity index (χ3n) is 2.67. The van der Waals surface area contributed by atoms with Gasteiger partial charge in [-0.15, -0.1) is 0 Å². The molecule has 2 rings (SSSR count). The van der Waals surface area contributed by atoms with E-state index in [-0.39, 0.29) is 10.8 Å². The Balaban J connectivity index is 2.15. The van der Waals surface area contributed by atoms with Gasteiger partial charge in [-0.25, -0.2) is 12.7 Å². The minimum atomic E-state index is -3.44. The van der Waals surface area contributed by atoms with Crippen LogP contribution in [0.1, 0.15) is 10.4 Å². The van der Waals surface area contributed by atoms with E-state index in [1.54, 1.807) is 23.6 Å². The van der Waals surface area contributed by atoms with Gasteiger partial charge in [0.25, 0.3) is 5.91 Å². The lowest BCUT2D eigenvalue weighted by atomic mass is 10.3. The average molecular weight is 310 g/mol. The summed E-state index contributed by atoms with van der Waals surface area (Å²) < 4.78 is 24.9. The van der Waals surface area contributed by atoms with Gasteiger partial charge in [0.1, 0.15) is 0 Å². The molecule has 0 saturated heterocycles. The molecule has 0 fully saturated rings. The number of sulfonamides is 1. The molecule has 0 radical (unpaired) electrons. The Hall–Kier alpha value is -1.70. The maximum absolute atomic E-state index is 11.9. The lowest BCUT2D eigenvalue weighted by Gasteiger charge is -2.11. The summed E-state index contributed by atoms with van der Waals surface area (Å²) in [5.74, 6) is -0.213. The molecule has 106 valence electrons. The second-order valence-electron chi connectivity index (χ2n) is 4.28. The average Bonchev–Trinajstić information content (AvgIpc) is 2.93. The molecule has 1 N–H and O–H groups in total. The van der Waals surface area contributed by atoms with E-state index in [0.717, 1.165) is 4.31 Å². The molecule has 0 aliphatic carbocycles. The van der Waals surface area contributed by atoms with E-state index in [9.17, 15) is 13.2 Å². The minimum Gasteiger partial charge on any atom is -0.322 e. The number of nitrogens with zero attached hydrogens (tertiary/aromatic N) is 1. The number of rotatable bonds is 4. The normalized spacial score (nSPS) is 11.6. The quantitative estimate of drug-likeness (QED) is 0.942. The number of benzene rings is 1. The zero-order valence-corrected chi connectivity index (χ0v) is 12.7. The third-order valence-corrected chi connectivity index (χ3v) is 5.19. The standard InChI is InChI=1S/C13H14N2O3S2/c1-15(2)20(17,18)12-5-3-11(4-6-12)14-13(16)10-7-8-19-9-10/h3-9H,1-2H3,(H,14,16). The first-order valence-electron chi connectivity index (χ1n) is 5.77. The zero-order valence-electron chi connectivity index (χ0n) is 11.0. The predicted molar refractivity (Wildman–Crippen MR) is 79.6 cm³/mol. The fourth-order valence-corrected chi connectivity index (χ4v) is 3.06. The van der Waals surface area contributed by atoms with Crippen LogP contribution < -0.4 is 5.32 Å². The van der Waals surface area contributed by atoms with Crippen molar-refractivity contribution in [2.45, 2.75) is 4.90 Å². The Morgan fingerprint density at radius 2 is 1.80 bits per heavy atom. The van der Waals surface area contributed by atoms with Crippen LogP contribution in [-0.4, -0.2) is 32.7 Å². The number of hydrogen-bond acceptors (Lipinski definition) is 4. The molecule has 0 saturated carbocycles. The summed E-state index contributed by atoms with van der Waals surface area (Å²) in [7, 11) is -0.495. The summed E-state index contributed by atoms with van der Waals surface area (Å²) in [5.41, 5.74) is 1.14. The van der Waals surface area contributed by atoms with Crippen molar-refractivity contribution in [1.29, 1.82) is 0 Å². The van der Waals surface area contributed by atoms with Crippen molar-refractivity contribution in [3.8, 4) is 0 Å². The van der Waals surface area contributed by atoms with Crippen molar-refractivity contribution in [3.63, 3.8) is 0 Å². The third kappa shape index (κ3) is 3.06. The molecule has 1 aromatic carbocycles. The molecule has 1 aromatic heterocycles. The topological polar surface area (TPSA) is 66.5 Å². The molecular weight excluding hydrogens is 296 g/mol. The molecule has 0 aliphatic heterocycles. The molecule has 7 heteroatoms. The van der Waals surface area contributed by atoms with Gasteiger partial charge in [0.05, 0.1) is 10.5 Å². The molecule has 0 spiro atoms. The minimum absolute atomic E-state index is 0.191. The smallest absolute Gasteiger partial charge is 0.256 e. The van der Waals surface area contributed by atoms with Gasteiger partial charge in [-0.1, -0.05) is 0 Å². The number of anilines is 1. The van der Waals surface area contributed by atoms with Crippen molar-refractivity contribution < 1.29 is 13.2 Å². The molecule has 0 unspecified atom stereocenters. The fraction of sp³-hybridized carbons (Fsp3) is 0.154. The van der Waals surface area contributed by atoms with E-state index in [1.165, 1.54) is 37.6 Å². The van der Waals surface area contributed by atoms with Crippen LogP contribution in [0.5, 0.6) is 0 Å². The molecule has 2 aromatic rings. The van der Waals surface area contributed by atoms with Gasteiger partial charge in [-0.3, -0.25) is 4.79 Å². The van der Waals surface area contributed by atoms with Crippen molar-refractivity contribution in [2.24, 2.45) is 0 Å². The number of hydrogen-bond donors (Lipinski definition) is 1. The van der Waals surface area contributed by atoms with Crippen LogP contribution in [-0.2, 0) is 10.0 Å². The molecular formula is C13H14N2O3S2. The van der Waals surface area contributed by atoms with Crippen LogP contribution in [0.4, 0.5) is 5.69 Å². The molecule has 20 heavy (non-hydrogen) atoms. The second-order valence-corrected chi connectivity index (χ2v) is 7.21. The maximum atomic E-state index is 11.9. The first kappa shape index (κ1) is 14.7. The zero-order chi connectivity index (χ0) is 14.8. The first-order valence-corrected chi connectivity index (χ1v) is 8.15. The number of carbonyl (C=O) groups excluding carboxylic acids is 1. The van der Waals surface area contributed by atoms with Crippen molar-refractivity contribution >= 4 is 33.0 Å². The van der Waals surface area contributed by atoms with Crippen LogP contribution in [0, 0.1) is 0 Å². The number of amides is 1. The Morgan fingerprint density at radius 3 is 2.30 bits per heavy atom.